The molecule has 0 saturated heterocycles. The van der Waals surface area contributed by atoms with Gasteiger partial charge < -0.3 is 5.32 Å². The summed E-state index contributed by atoms with van der Waals surface area (Å²) in [5.41, 5.74) is 0. The minimum atomic E-state index is -0.146. The lowest BCUT2D eigenvalue weighted by molar-refractivity contribution is -0.121. The maximum atomic E-state index is 11.4. The highest BCUT2D eigenvalue weighted by molar-refractivity contribution is 7.10. The summed E-state index contributed by atoms with van der Waals surface area (Å²) in [7, 11) is 0. The summed E-state index contributed by atoms with van der Waals surface area (Å²) in [6.45, 7) is 2.74. The minimum Gasteiger partial charge on any atom is -0.356 e. The summed E-state index contributed by atoms with van der Waals surface area (Å²) in [5, 5.41) is 13.8. The Morgan fingerprint density at radius 1 is 1.69 bits per heavy atom. The molecule has 0 saturated carbocycles. The van der Waals surface area contributed by atoms with Crippen molar-refractivity contribution >= 4 is 17.2 Å². The Bertz CT molecular complexity index is 354. The van der Waals surface area contributed by atoms with E-state index >= 15 is 0 Å². The van der Waals surface area contributed by atoms with Gasteiger partial charge in [0.05, 0.1) is 12.0 Å². The second-order valence-electron chi connectivity index (χ2n) is 3.59. The molecule has 0 fully saturated rings. The summed E-state index contributed by atoms with van der Waals surface area (Å²) in [4.78, 5) is 12.4. The van der Waals surface area contributed by atoms with Crippen molar-refractivity contribution in [1.82, 2.24) is 5.32 Å². The number of rotatable bonds is 6. The van der Waals surface area contributed by atoms with E-state index in [2.05, 4.69) is 11.4 Å². The van der Waals surface area contributed by atoms with Gasteiger partial charge in [0, 0.05) is 17.8 Å². The van der Waals surface area contributed by atoms with Gasteiger partial charge in [-0.3, -0.25) is 4.79 Å². The number of nitriles is 1. The first kappa shape index (κ1) is 12.7. The molecule has 0 aliphatic heterocycles. The summed E-state index contributed by atoms with van der Waals surface area (Å²) < 4.78 is 0. The molecule has 1 amide bonds. The van der Waals surface area contributed by atoms with Gasteiger partial charge in [-0.25, -0.2) is 0 Å². The van der Waals surface area contributed by atoms with Crippen molar-refractivity contribution in [2.45, 2.75) is 32.1 Å². The smallest absolute Gasteiger partial charge is 0.220 e. The lowest BCUT2D eigenvalue weighted by Crippen LogP contribution is -2.23. The van der Waals surface area contributed by atoms with Gasteiger partial charge in [-0.05, 0) is 24.3 Å². The normalized spacial score (nSPS) is 11.8. The largest absolute Gasteiger partial charge is 0.356 e. The number of amides is 1. The highest BCUT2D eigenvalue weighted by Gasteiger charge is 2.13. The second-order valence-corrected chi connectivity index (χ2v) is 4.57. The van der Waals surface area contributed by atoms with Crippen molar-refractivity contribution in [2.75, 3.05) is 6.54 Å². The predicted octanol–water partition coefficient (Wildman–Crippen LogP) is 2.66. The fraction of sp³-hybridized carbons (Fsp3) is 0.500. The standard InChI is InChI=1S/C12H16N2OS/c1-2-7-14-12(15)6-5-10(9-13)11-4-3-8-16-11/h3-4,8,10H,2,5-7H2,1H3,(H,14,15). The van der Waals surface area contributed by atoms with Gasteiger partial charge in [-0.1, -0.05) is 13.0 Å². The van der Waals surface area contributed by atoms with Gasteiger partial charge >= 0.3 is 0 Å². The van der Waals surface area contributed by atoms with Crippen LogP contribution < -0.4 is 5.32 Å². The zero-order valence-electron chi connectivity index (χ0n) is 9.40. The third kappa shape index (κ3) is 4.03. The molecule has 16 heavy (non-hydrogen) atoms. The minimum absolute atomic E-state index is 0.0404. The maximum Gasteiger partial charge on any atom is 0.220 e. The average Bonchev–Trinajstić information content (AvgIpc) is 2.81. The molecule has 1 unspecified atom stereocenters. The van der Waals surface area contributed by atoms with E-state index in [4.69, 9.17) is 5.26 Å². The Morgan fingerprint density at radius 2 is 2.50 bits per heavy atom. The van der Waals surface area contributed by atoms with Crippen molar-refractivity contribution in [3.63, 3.8) is 0 Å². The molecule has 86 valence electrons. The molecule has 0 radical (unpaired) electrons. The number of thiophene rings is 1. The molecule has 0 spiro atoms. The fourth-order valence-electron chi connectivity index (χ4n) is 1.39. The van der Waals surface area contributed by atoms with E-state index < -0.39 is 0 Å². The van der Waals surface area contributed by atoms with E-state index in [1.807, 2.05) is 24.4 Å². The molecule has 1 heterocycles. The van der Waals surface area contributed by atoms with Crippen LogP contribution in [0.5, 0.6) is 0 Å². The van der Waals surface area contributed by atoms with Gasteiger partial charge in [0.15, 0.2) is 0 Å². The van der Waals surface area contributed by atoms with E-state index in [0.29, 0.717) is 12.8 Å². The van der Waals surface area contributed by atoms with Gasteiger partial charge in [-0.2, -0.15) is 5.26 Å². The number of hydrogen-bond donors (Lipinski definition) is 1. The van der Waals surface area contributed by atoms with Crippen molar-refractivity contribution in [1.29, 1.82) is 5.26 Å². The Morgan fingerprint density at radius 3 is 3.06 bits per heavy atom. The SMILES string of the molecule is CCCNC(=O)CCC(C#N)c1cccs1. The second kappa shape index (κ2) is 7.02. The summed E-state index contributed by atoms with van der Waals surface area (Å²) in [6.07, 6.45) is 1.97. The topological polar surface area (TPSA) is 52.9 Å². The van der Waals surface area contributed by atoms with Crippen LogP contribution in [0, 0.1) is 11.3 Å². The number of nitrogens with zero attached hydrogens (tertiary/aromatic N) is 1. The molecule has 1 N–H and O–H groups in total. The molecule has 4 heteroatoms. The third-order valence-corrected chi connectivity index (χ3v) is 3.26. The van der Waals surface area contributed by atoms with Crippen molar-refractivity contribution in [3.8, 4) is 6.07 Å². The lowest BCUT2D eigenvalue weighted by atomic mass is 10.0. The number of carbonyl (C=O) groups excluding carboxylic acids is 1. The first-order valence-electron chi connectivity index (χ1n) is 5.47. The Kier molecular flexibility index (Phi) is 5.58. The van der Waals surface area contributed by atoms with Crippen molar-refractivity contribution in [2.24, 2.45) is 0 Å². The highest BCUT2D eigenvalue weighted by Crippen LogP contribution is 2.24. The first-order valence-corrected chi connectivity index (χ1v) is 6.35. The van der Waals surface area contributed by atoms with E-state index in [0.717, 1.165) is 17.8 Å². The van der Waals surface area contributed by atoms with Crippen LogP contribution in [0.2, 0.25) is 0 Å². The first-order chi connectivity index (χ1) is 7.77. The Hall–Kier alpha value is -1.34. The average molecular weight is 236 g/mol. The van der Waals surface area contributed by atoms with Crippen LogP contribution in [0.25, 0.3) is 0 Å². The van der Waals surface area contributed by atoms with Crippen LogP contribution in [0.15, 0.2) is 17.5 Å². The molecule has 1 aromatic rings. The number of hydrogen-bond acceptors (Lipinski definition) is 3. The summed E-state index contributed by atoms with van der Waals surface area (Å²) >= 11 is 1.57. The van der Waals surface area contributed by atoms with Crippen LogP contribution in [-0.4, -0.2) is 12.5 Å². The lowest BCUT2D eigenvalue weighted by Gasteiger charge is -2.06. The summed E-state index contributed by atoms with van der Waals surface area (Å²) in [6, 6.07) is 6.13. The summed E-state index contributed by atoms with van der Waals surface area (Å²) in [5.74, 6) is -0.106. The van der Waals surface area contributed by atoms with Crippen LogP contribution >= 0.6 is 11.3 Å². The molecular formula is C12H16N2OS. The van der Waals surface area contributed by atoms with Crippen LogP contribution in [-0.2, 0) is 4.79 Å². The van der Waals surface area contributed by atoms with Crippen molar-refractivity contribution < 1.29 is 4.79 Å². The van der Waals surface area contributed by atoms with E-state index in [9.17, 15) is 4.79 Å². The van der Waals surface area contributed by atoms with Gasteiger partial charge in [0.25, 0.3) is 0 Å². The van der Waals surface area contributed by atoms with Gasteiger partial charge in [0.1, 0.15) is 0 Å². The zero-order chi connectivity index (χ0) is 11.8. The fourth-order valence-corrected chi connectivity index (χ4v) is 2.19. The molecule has 0 bridgehead atoms. The van der Waals surface area contributed by atoms with Gasteiger partial charge in [-0.15, -0.1) is 11.3 Å². The van der Waals surface area contributed by atoms with E-state index in [1.54, 1.807) is 11.3 Å². The molecule has 1 atom stereocenters. The van der Waals surface area contributed by atoms with Crippen molar-refractivity contribution in [3.05, 3.63) is 22.4 Å². The van der Waals surface area contributed by atoms with E-state index in [1.165, 1.54) is 0 Å². The molecular weight excluding hydrogens is 220 g/mol. The van der Waals surface area contributed by atoms with Crippen LogP contribution in [0.1, 0.15) is 37.0 Å². The maximum absolute atomic E-state index is 11.4. The predicted molar refractivity (Wildman–Crippen MR) is 65.2 cm³/mol. The molecule has 1 aromatic heterocycles. The Balaban J connectivity index is 2.36. The molecule has 3 nitrogen and oxygen atoms in total. The molecule has 0 aliphatic rings. The van der Waals surface area contributed by atoms with Crippen LogP contribution in [0.3, 0.4) is 0 Å². The third-order valence-electron chi connectivity index (χ3n) is 2.27. The van der Waals surface area contributed by atoms with Gasteiger partial charge in [0.2, 0.25) is 5.91 Å². The number of nitrogens with one attached hydrogen (secondary N) is 1. The quantitative estimate of drug-likeness (QED) is 0.825. The molecule has 0 aliphatic carbocycles. The van der Waals surface area contributed by atoms with E-state index in [-0.39, 0.29) is 11.8 Å². The zero-order valence-corrected chi connectivity index (χ0v) is 10.2. The van der Waals surface area contributed by atoms with Crippen LogP contribution in [0.4, 0.5) is 0 Å². The molecule has 0 aromatic carbocycles. The monoisotopic (exact) mass is 236 g/mol. The Labute approximate surface area is 100 Å². The molecule has 1 rings (SSSR count). The highest BCUT2D eigenvalue weighted by atomic mass is 32.1. The number of carbonyl (C=O) groups is 1.